The Hall–Kier alpha value is -2.01. The first-order valence-corrected chi connectivity index (χ1v) is 9.11. The largest absolute Gasteiger partial charge is 0.486 e. The minimum atomic E-state index is -0.532. The summed E-state index contributed by atoms with van der Waals surface area (Å²) in [7, 11) is 0. The molecule has 2 atom stereocenters. The molecule has 3 rings (SSSR count). The van der Waals surface area contributed by atoms with Gasteiger partial charge in [-0.25, -0.2) is 0 Å². The SMILES string of the molecule is N#CCCN1CCC(CNC(=O)c2cc(Cl)cc3c2OCCO3)C(O)C1. The lowest BCUT2D eigenvalue weighted by atomic mass is 9.93. The first kappa shape index (κ1) is 18.8. The molecule has 7 nitrogen and oxygen atoms in total. The van der Waals surface area contributed by atoms with Gasteiger partial charge < -0.3 is 19.9 Å². The lowest BCUT2D eigenvalue weighted by molar-refractivity contribution is 0.0230. The fourth-order valence-electron chi connectivity index (χ4n) is 3.30. The van der Waals surface area contributed by atoms with Gasteiger partial charge in [-0.05, 0) is 19.0 Å². The van der Waals surface area contributed by atoms with E-state index in [0.29, 0.717) is 61.4 Å². The number of nitriles is 1. The number of rotatable bonds is 5. The Morgan fingerprint density at radius 1 is 1.42 bits per heavy atom. The number of benzene rings is 1. The summed E-state index contributed by atoms with van der Waals surface area (Å²) in [5.41, 5.74) is 0.341. The third kappa shape index (κ3) is 4.39. The molecule has 1 aromatic rings. The number of nitrogens with one attached hydrogen (secondary N) is 1. The molecule has 2 aliphatic rings. The van der Waals surface area contributed by atoms with Crippen LogP contribution in [-0.2, 0) is 0 Å². The number of β-amino-alcohol motifs (C(OH)–C–C–N with tert-alkyl or cyclic N) is 1. The van der Waals surface area contributed by atoms with Crippen LogP contribution in [0.1, 0.15) is 23.2 Å². The monoisotopic (exact) mass is 379 g/mol. The number of nitrogens with zero attached hydrogens (tertiary/aromatic N) is 2. The zero-order chi connectivity index (χ0) is 18.5. The van der Waals surface area contributed by atoms with Crippen molar-refractivity contribution in [2.75, 3.05) is 39.4 Å². The van der Waals surface area contributed by atoms with Gasteiger partial charge in [0.1, 0.15) is 13.2 Å². The van der Waals surface area contributed by atoms with Gasteiger partial charge in [0.2, 0.25) is 0 Å². The lowest BCUT2D eigenvalue weighted by Crippen LogP contribution is -2.47. The molecule has 26 heavy (non-hydrogen) atoms. The number of carbonyl (C=O) groups excluding carboxylic acids is 1. The number of amides is 1. The van der Waals surface area contributed by atoms with Gasteiger partial charge in [-0.15, -0.1) is 0 Å². The van der Waals surface area contributed by atoms with Crippen molar-refractivity contribution in [2.45, 2.75) is 18.9 Å². The summed E-state index contributed by atoms with van der Waals surface area (Å²) in [6.07, 6.45) is 0.687. The zero-order valence-corrected chi connectivity index (χ0v) is 15.2. The van der Waals surface area contributed by atoms with Crippen molar-refractivity contribution < 1.29 is 19.4 Å². The topological polar surface area (TPSA) is 94.8 Å². The highest BCUT2D eigenvalue weighted by atomic mass is 35.5. The Labute approximate surface area is 157 Å². The minimum absolute atomic E-state index is 0.0236. The maximum atomic E-state index is 12.6. The average Bonchev–Trinajstić information content (AvgIpc) is 2.64. The van der Waals surface area contributed by atoms with Gasteiger partial charge in [-0.3, -0.25) is 9.69 Å². The molecule has 140 valence electrons. The van der Waals surface area contributed by atoms with E-state index >= 15 is 0 Å². The Bertz CT molecular complexity index is 706. The van der Waals surface area contributed by atoms with E-state index in [9.17, 15) is 9.90 Å². The van der Waals surface area contributed by atoms with Gasteiger partial charge in [0.25, 0.3) is 5.91 Å². The predicted octanol–water partition coefficient (Wildman–Crippen LogP) is 1.44. The van der Waals surface area contributed by atoms with Gasteiger partial charge >= 0.3 is 0 Å². The standard InChI is InChI=1S/C18H22ClN3O4/c19-13-8-14(17-16(9-13)25-6-7-26-17)18(24)21-10-12-2-5-22(4-1-3-20)11-15(12)23/h8-9,12,15,23H,1-2,4-7,10-11H2,(H,21,24). The Morgan fingerprint density at radius 3 is 3.00 bits per heavy atom. The van der Waals surface area contributed by atoms with Crippen molar-refractivity contribution in [3.63, 3.8) is 0 Å². The molecule has 2 aliphatic heterocycles. The van der Waals surface area contributed by atoms with Crippen LogP contribution in [0, 0.1) is 17.2 Å². The summed E-state index contributed by atoms with van der Waals surface area (Å²) in [6, 6.07) is 5.31. The van der Waals surface area contributed by atoms with E-state index in [1.165, 1.54) is 0 Å². The van der Waals surface area contributed by atoms with E-state index in [0.717, 1.165) is 13.0 Å². The molecule has 0 bridgehead atoms. The van der Waals surface area contributed by atoms with Crippen LogP contribution in [0.4, 0.5) is 0 Å². The van der Waals surface area contributed by atoms with Crippen molar-refractivity contribution in [3.05, 3.63) is 22.7 Å². The first-order chi connectivity index (χ1) is 12.6. The van der Waals surface area contributed by atoms with E-state index in [2.05, 4.69) is 16.3 Å². The van der Waals surface area contributed by atoms with Gasteiger partial charge in [-0.2, -0.15) is 5.26 Å². The molecule has 1 amide bonds. The van der Waals surface area contributed by atoms with Crippen molar-refractivity contribution in [1.82, 2.24) is 10.2 Å². The molecule has 0 aromatic heterocycles. The van der Waals surface area contributed by atoms with Gasteiger partial charge in [-0.1, -0.05) is 11.6 Å². The molecule has 8 heteroatoms. The van der Waals surface area contributed by atoms with Crippen LogP contribution in [0.2, 0.25) is 5.02 Å². The lowest BCUT2D eigenvalue weighted by Gasteiger charge is -2.35. The average molecular weight is 380 g/mol. The zero-order valence-electron chi connectivity index (χ0n) is 14.4. The summed E-state index contributed by atoms with van der Waals surface area (Å²) >= 11 is 6.07. The molecule has 1 aromatic carbocycles. The second kappa shape index (κ2) is 8.58. The number of hydrogen-bond acceptors (Lipinski definition) is 6. The molecule has 2 heterocycles. The van der Waals surface area contributed by atoms with E-state index < -0.39 is 6.10 Å². The summed E-state index contributed by atoms with van der Waals surface area (Å²) in [5, 5.41) is 22.3. The Balaban J connectivity index is 1.58. The van der Waals surface area contributed by atoms with Crippen molar-refractivity contribution in [2.24, 2.45) is 5.92 Å². The highest BCUT2D eigenvalue weighted by molar-refractivity contribution is 6.31. The summed E-state index contributed by atoms with van der Waals surface area (Å²) in [5.74, 6) is 0.558. The Morgan fingerprint density at radius 2 is 2.23 bits per heavy atom. The number of carbonyl (C=O) groups is 1. The van der Waals surface area contributed by atoms with E-state index in [1.807, 2.05) is 0 Å². The molecule has 2 unspecified atom stereocenters. The number of hydrogen-bond donors (Lipinski definition) is 2. The number of aliphatic hydroxyl groups is 1. The smallest absolute Gasteiger partial charge is 0.255 e. The van der Waals surface area contributed by atoms with Crippen LogP contribution < -0.4 is 14.8 Å². The van der Waals surface area contributed by atoms with Gasteiger partial charge in [0.05, 0.1) is 17.7 Å². The summed E-state index contributed by atoms with van der Waals surface area (Å²) in [4.78, 5) is 14.7. The van der Waals surface area contributed by atoms with Crippen LogP contribution in [0.5, 0.6) is 11.5 Å². The summed E-state index contributed by atoms with van der Waals surface area (Å²) in [6.45, 7) is 3.17. The highest BCUT2D eigenvalue weighted by Gasteiger charge is 2.28. The fourth-order valence-corrected chi connectivity index (χ4v) is 3.51. The van der Waals surface area contributed by atoms with Crippen LogP contribution >= 0.6 is 11.6 Å². The van der Waals surface area contributed by atoms with Gasteiger partial charge in [0.15, 0.2) is 11.5 Å². The van der Waals surface area contributed by atoms with E-state index in [-0.39, 0.29) is 11.8 Å². The van der Waals surface area contributed by atoms with E-state index in [4.69, 9.17) is 26.3 Å². The molecule has 1 fully saturated rings. The number of piperidine rings is 1. The van der Waals surface area contributed by atoms with Crippen molar-refractivity contribution in [3.8, 4) is 17.6 Å². The fraction of sp³-hybridized carbons (Fsp3) is 0.556. The molecular formula is C18H22ClN3O4. The first-order valence-electron chi connectivity index (χ1n) is 8.73. The van der Waals surface area contributed by atoms with Crippen LogP contribution in [0.15, 0.2) is 12.1 Å². The molecule has 0 spiro atoms. The van der Waals surface area contributed by atoms with Gasteiger partial charge in [0, 0.05) is 43.1 Å². The third-order valence-electron chi connectivity index (χ3n) is 4.72. The molecule has 0 aliphatic carbocycles. The normalized spacial score (nSPS) is 22.5. The molecular weight excluding hydrogens is 358 g/mol. The van der Waals surface area contributed by atoms with E-state index in [1.54, 1.807) is 12.1 Å². The number of fused-ring (bicyclic) bond motifs is 1. The Kier molecular flexibility index (Phi) is 6.20. The van der Waals surface area contributed by atoms with Crippen LogP contribution in [0.3, 0.4) is 0 Å². The van der Waals surface area contributed by atoms with Crippen LogP contribution in [-0.4, -0.2) is 61.4 Å². The second-order valence-corrected chi connectivity index (χ2v) is 6.95. The maximum absolute atomic E-state index is 12.6. The number of likely N-dealkylation sites (tertiary alicyclic amines) is 1. The van der Waals surface area contributed by atoms with Crippen molar-refractivity contribution in [1.29, 1.82) is 5.26 Å². The predicted molar refractivity (Wildman–Crippen MR) is 95.6 cm³/mol. The number of ether oxygens (including phenoxy) is 2. The van der Waals surface area contributed by atoms with Crippen molar-refractivity contribution >= 4 is 17.5 Å². The number of halogens is 1. The highest BCUT2D eigenvalue weighted by Crippen LogP contribution is 2.36. The second-order valence-electron chi connectivity index (χ2n) is 6.51. The molecule has 1 saturated heterocycles. The number of aliphatic hydroxyl groups excluding tert-OH is 1. The quantitative estimate of drug-likeness (QED) is 0.803. The molecule has 0 saturated carbocycles. The minimum Gasteiger partial charge on any atom is -0.486 e. The summed E-state index contributed by atoms with van der Waals surface area (Å²) < 4.78 is 11.1. The molecule has 0 radical (unpaired) electrons. The van der Waals surface area contributed by atoms with Crippen LogP contribution in [0.25, 0.3) is 0 Å². The maximum Gasteiger partial charge on any atom is 0.255 e. The molecule has 2 N–H and O–H groups in total. The third-order valence-corrected chi connectivity index (χ3v) is 4.94.